The molecule has 0 aromatic heterocycles. The van der Waals surface area contributed by atoms with Crippen LogP contribution in [0.5, 0.6) is 0 Å². The number of hydrogen-bond donors (Lipinski definition) is 0. The van der Waals surface area contributed by atoms with Gasteiger partial charge in [-0.1, -0.05) is 0 Å². The lowest BCUT2D eigenvalue weighted by Gasteiger charge is -1.76. The highest BCUT2D eigenvalue weighted by Gasteiger charge is 1.94. The normalized spacial score (nSPS) is 13.7. The fourth-order valence-corrected chi connectivity index (χ4v) is 0.510. The van der Waals surface area contributed by atoms with Crippen LogP contribution in [0.15, 0.2) is 0 Å². The molecule has 0 N–H and O–H groups in total. The first-order valence-electron chi connectivity index (χ1n) is 3.82. The second-order valence-electron chi connectivity index (χ2n) is 2.33. The van der Waals surface area contributed by atoms with Crippen molar-refractivity contribution in [3.05, 3.63) is 0 Å². The van der Waals surface area contributed by atoms with Crippen molar-refractivity contribution in [1.29, 1.82) is 0 Å². The molecule has 4 heteroatoms. The molecule has 0 aromatic carbocycles. The SMILES string of the molecule is C1CCOC1.CC(C)=O.ClCCl. The molecule has 1 saturated heterocycles. The molecule has 12 heavy (non-hydrogen) atoms. The fraction of sp³-hybridized carbons (Fsp3) is 0.875. The van der Waals surface area contributed by atoms with Gasteiger partial charge in [0.15, 0.2) is 0 Å². The van der Waals surface area contributed by atoms with E-state index in [4.69, 9.17) is 27.9 Å². The van der Waals surface area contributed by atoms with Crippen LogP contribution in [0, 0.1) is 0 Å². The third-order valence-corrected chi connectivity index (χ3v) is 0.827. The van der Waals surface area contributed by atoms with Gasteiger partial charge in [0.2, 0.25) is 0 Å². The van der Waals surface area contributed by atoms with Gasteiger partial charge in [-0.2, -0.15) is 0 Å². The number of ether oxygens (including phenoxy) is 1. The summed E-state index contributed by atoms with van der Waals surface area (Å²) in [7, 11) is 0. The highest BCUT2D eigenvalue weighted by Crippen LogP contribution is 1.98. The minimum atomic E-state index is 0.167. The van der Waals surface area contributed by atoms with Crippen LogP contribution >= 0.6 is 23.2 Å². The third kappa shape index (κ3) is 31.9. The van der Waals surface area contributed by atoms with Crippen molar-refractivity contribution in [2.24, 2.45) is 0 Å². The van der Waals surface area contributed by atoms with Crippen molar-refractivity contribution in [1.82, 2.24) is 0 Å². The van der Waals surface area contributed by atoms with E-state index in [0.717, 1.165) is 13.2 Å². The van der Waals surface area contributed by atoms with Crippen LogP contribution < -0.4 is 0 Å². The van der Waals surface area contributed by atoms with Gasteiger partial charge in [0, 0.05) is 13.2 Å². The molecule has 0 radical (unpaired) electrons. The minimum Gasteiger partial charge on any atom is -0.381 e. The van der Waals surface area contributed by atoms with Gasteiger partial charge in [0.25, 0.3) is 0 Å². The number of carbonyl (C=O) groups is 1. The highest BCUT2D eigenvalue weighted by molar-refractivity contribution is 6.40. The first-order valence-corrected chi connectivity index (χ1v) is 4.89. The molecule has 0 saturated carbocycles. The first kappa shape index (κ1) is 14.7. The first-order chi connectivity index (χ1) is 5.65. The van der Waals surface area contributed by atoms with E-state index in [2.05, 4.69) is 0 Å². The Hall–Kier alpha value is 0.210. The van der Waals surface area contributed by atoms with Crippen molar-refractivity contribution >= 4 is 29.0 Å². The van der Waals surface area contributed by atoms with Gasteiger partial charge in [-0.15, -0.1) is 23.2 Å². The summed E-state index contributed by atoms with van der Waals surface area (Å²) in [5.41, 5.74) is 0. The Morgan fingerprint density at radius 1 is 1.25 bits per heavy atom. The molecule has 1 rings (SSSR count). The quantitative estimate of drug-likeness (QED) is 0.581. The van der Waals surface area contributed by atoms with Gasteiger partial charge < -0.3 is 9.53 Å². The van der Waals surface area contributed by atoms with Gasteiger partial charge in [0.05, 0.1) is 5.34 Å². The number of Topliss-reactive ketones (excluding diaryl/α,β-unsaturated/α-hetero) is 1. The lowest BCUT2D eigenvalue weighted by atomic mass is 10.4. The van der Waals surface area contributed by atoms with Gasteiger partial charge >= 0.3 is 0 Å². The second-order valence-corrected chi connectivity index (χ2v) is 3.14. The number of halogens is 2. The Labute approximate surface area is 84.2 Å². The Bertz CT molecular complexity index is 81.4. The maximum atomic E-state index is 9.44. The predicted molar refractivity (Wildman–Crippen MR) is 53.0 cm³/mol. The zero-order chi connectivity index (χ0) is 9.82. The standard InChI is InChI=1S/C4H8O.C3H6O.CH2Cl2/c1-2-4-5-3-1;1-3(2)4;2-1-3/h1-4H2;1-2H3;1H2. The van der Waals surface area contributed by atoms with Crippen LogP contribution in [0.1, 0.15) is 26.7 Å². The molecule has 0 aliphatic carbocycles. The summed E-state index contributed by atoms with van der Waals surface area (Å²) < 4.78 is 4.94. The van der Waals surface area contributed by atoms with E-state index in [1.807, 2.05) is 0 Å². The summed E-state index contributed by atoms with van der Waals surface area (Å²) in [5, 5.41) is 0.194. The van der Waals surface area contributed by atoms with Gasteiger partial charge in [-0.05, 0) is 26.7 Å². The second kappa shape index (κ2) is 13.8. The van der Waals surface area contributed by atoms with E-state index in [1.54, 1.807) is 0 Å². The van der Waals surface area contributed by atoms with Crippen LogP contribution in [-0.4, -0.2) is 24.3 Å². The van der Waals surface area contributed by atoms with E-state index in [-0.39, 0.29) is 11.1 Å². The van der Waals surface area contributed by atoms with E-state index >= 15 is 0 Å². The molecule has 0 spiro atoms. The molecule has 74 valence electrons. The average molecular weight is 215 g/mol. The van der Waals surface area contributed by atoms with Crippen molar-refractivity contribution in [3.63, 3.8) is 0 Å². The van der Waals surface area contributed by atoms with Gasteiger partial charge in [-0.3, -0.25) is 0 Å². The summed E-state index contributed by atoms with van der Waals surface area (Å²) in [6, 6.07) is 0. The number of ketones is 1. The summed E-state index contributed by atoms with van der Waals surface area (Å²) in [6.07, 6.45) is 2.56. The van der Waals surface area contributed by atoms with E-state index < -0.39 is 0 Å². The van der Waals surface area contributed by atoms with Crippen LogP contribution in [0.4, 0.5) is 0 Å². The lowest BCUT2D eigenvalue weighted by Crippen LogP contribution is -1.74. The van der Waals surface area contributed by atoms with E-state index in [0.29, 0.717) is 0 Å². The summed E-state index contributed by atoms with van der Waals surface area (Å²) in [6.45, 7) is 5.06. The number of carbonyl (C=O) groups excluding carboxylic acids is 1. The Morgan fingerprint density at radius 2 is 1.50 bits per heavy atom. The predicted octanol–water partition coefficient (Wildman–Crippen LogP) is 2.81. The van der Waals surface area contributed by atoms with Crippen molar-refractivity contribution in [3.8, 4) is 0 Å². The fourth-order valence-electron chi connectivity index (χ4n) is 0.510. The smallest absolute Gasteiger partial charge is 0.126 e. The molecule has 1 aliphatic heterocycles. The van der Waals surface area contributed by atoms with Crippen molar-refractivity contribution in [2.45, 2.75) is 26.7 Å². The molecule has 1 aliphatic rings. The zero-order valence-electron chi connectivity index (χ0n) is 7.61. The number of alkyl halides is 2. The highest BCUT2D eigenvalue weighted by atomic mass is 35.5. The van der Waals surface area contributed by atoms with Gasteiger partial charge in [0.1, 0.15) is 5.78 Å². The van der Waals surface area contributed by atoms with Crippen LogP contribution in [0.2, 0.25) is 0 Å². The molecule has 1 heterocycles. The van der Waals surface area contributed by atoms with Crippen molar-refractivity contribution in [2.75, 3.05) is 18.6 Å². The number of rotatable bonds is 0. The Balaban J connectivity index is 0. The molecule has 0 aromatic rings. The number of hydrogen-bond acceptors (Lipinski definition) is 2. The largest absolute Gasteiger partial charge is 0.381 e. The lowest BCUT2D eigenvalue weighted by molar-refractivity contribution is -0.114. The molecule has 2 nitrogen and oxygen atoms in total. The summed E-state index contributed by atoms with van der Waals surface area (Å²) in [4.78, 5) is 9.44. The van der Waals surface area contributed by atoms with Crippen LogP contribution in [-0.2, 0) is 9.53 Å². The molecular weight excluding hydrogens is 199 g/mol. The average Bonchev–Trinajstić information content (AvgIpc) is 2.40. The van der Waals surface area contributed by atoms with E-state index in [1.165, 1.54) is 26.7 Å². The molecule has 1 fully saturated rings. The van der Waals surface area contributed by atoms with Gasteiger partial charge in [-0.25, -0.2) is 0 Å². The van der Waals surface area contributed by atoms with Crippen LogP contribution in [0.25, 0.3) is 0 Å². The Kier molecular flexibility index (Phi) is 16.9. The van der Waals surface area contributed by atoms with E-state index in [9.17, 15) is 4.79 Å². The Morgan fingerprint density at radius 3 is 1.58 bits per heavy atom. The van der Waals surface area contributed by atoms with Crippen molar-refractivity contribution < 1.29 is 9.53 Å². The molecule has 0 bridgehead atoms. The minimum absolute atomic E-state index is 0.167. The summed E-state index contributed by atoms with van der Waals surface area (Å²) >= 11 is 9.53. The van der Waals surface area contributed by atoms with Crippen LogP contribution in [0.3, 0.4) is 0 Å². The zero-order valence-corrected chi connectivity index (χ0v) is 9.12. The maximum Gasteiger partial charge on any atom is 0.126 e. The summed E-state index contributed by atoms with van der Waals surface area (Å²) in [5.74, 6) is 0.167. The molecular formula is C8H16Cl2O2. The molecule has 0 amide bonds. The molecule has 0 atom stereocenters. The third-order valence-electron chi connectivity index (χ3n) is 0.827. The monoisotopic (exact) mass is 214 g/mol. The topological polar surface area (TPSA) is 26.3 Å². The molecule has 0 unspecified atom stereocenters. The maximum absolute atomic E-state index is 9.44.